The van der Waals surface area contributed by atoms with E-state index in [1.54, 1.807) is 6.20 Å². The molecule has 0 spiro atoms. The van der Waals surface area contributed by atoms with E-state index in [0.717, 1.165) is 17.7 Å². The predicted octanol–water partition coefficient (Wildman–Crippen LogP) is 2.56. The van der Waals surface area contributed by atoms with Crippen LogP contribution in [0.5, 0.6) is 0 Å². The third kappa shape index (κ3) is 2.50. The summed E-state index contributed by atoms with van der Waals surface area (Å²) < 4.78 is 5.77. The van der Waals surface area contributed by atoms with Crippen molar-refractivity contribution in [2.24, 2.45) is 0 Å². The number of rotatable bonds is 2. The van der Waals surface area contributed by atoms with Crippen molar-refractivity contribution in [3.8, 4) is 0 Å². The first-order valence-electron chi connectivity index (χ1n) is 6.27. The molecule has 2 unspecified atom stereocenters. The molecule has 1 saturated heterocycles. The summed E-state index contributed by atoms with van der Waals surface area (Å²) in [5, 5.41) is 10.8. The second-order valence-electron chi connectivity index (χ2n) is 5.30. The molecule has 0 bridgehead atoms. The highest BCUT2D eigenvalue weighted by molar-refractivity contribution is 5.22. The van der Waals surface area contributed by atoms with Crippen molar-refractivity contribution in [3.05, 3.63) is 29.6 Å². The molecule has 0 radical (unpaired) electrons. The smallest absolute Gasteiger partial charge is 0.0960 e. The summed E-state index contributed by atoms with van der Waals surface area (Å²) in [4.78, 5) is 4.27. The van der Waals surface area contributed by atoms with Gasteiger partial charge in [-0.3, -0.25) is 4.98 Å². The third-order valence-electron chi connectivity index (χ3n) is 3.83. The summed E-state index contributed by atoms with van der Waals surface area (Å²) in [7, 11) is 0. The van der Waals surface area contributed by atoms with Gasteiger partial charge in [0.1, 0.15) is 0 Å². The number of aliphatic hydroxyl groups is 1. The normalized spacial score (nSPS) is 33.6. The minimum Gasteiger partial charge on any atom is -0.385 e. The molecule has 1 fully saturated rings. The van der Waals surface area contributed by atoms with E-state index in [0.29, 0.717) is 19.4 Å². The highest BCUT2D eigenvalue weighted by atomic mass is 16.5. The first-order valence-corrected chi connectivity index (χ1v) is 6.27. The molecule has 0 amide bonds. The van der Waals surface area contributed by atoms with Gasteiger partial charge in [0, 0.05) is 30.3 Å². The molecule has 2 heterocycles. The van der Waals surface area contributed by atoms with E-state index in [1.165, 1.54) is 0 Å². The van der Waals surface area contributed by atoms with Crippen LogP contribution in [0.3, 0.4) is 0 Å². The van der Waals surface area contributed by atoms with Crippen molar-refractivity contribution in [1.82, 2.24) is 4.98 Å². The van der Waals surface area contributed by atoms with Gasteiger partial charge in [-0.2, -0.15) is 0 Å². The Balaban J connectivity index is 2.26. The minimum absolute atomic E-state index is 0.224. The molecule has 2 atom stereocenters. The van der Waals surface area contributed by atoms with Gasteiger partial charge in [0.25, 0.3) is 0 Å². The zero-order valence-electron chi connectivity index (χ0n) is 10.9. The van der Waals surface area contributed by atoms with Gasteiger partial charge < -0.3 is 9.84 Å². The molecule has 94 valence electrons. The van der Waals surface area contributed by atoms with Gasteiger partial charge in [-0.25, -0.2) is 0 Å². The molecule has 0 aliphatic carbocycles. The Bertz CT molecular complexity index is 390. The van der Waals surface area contributed by atoms with E-state index in [-0.39, 0.29) is 5.60 Å². The summed E-state index contributed by atoms with van der Waals surface area (Å²) in [6, 6.07) is 3.93. The van der Waals surface area contributed by atoms with Gasteiger partial charge in [-0.05, 0) is 26.3 Å². The maximum Gasteiger partial charge on any atom is 0.0960 e. The van der Waals surface area contributed by atoms with E-state index in [4.69, 9.17) is 4.74 Å². The number of aryl methyl sites for hydroxylation is 1. The highest BCUT2D eigenvalue weighted by Crippen LogP contribution is 2.40. The summed E-state index contributed by atoms with van der Waals surface area (Å²) in [6.07, 6.45) is 3.99. The highest BCUT2D eigenvalue weighted by Gasteiger charge is 2.42. The van der Waals surface area contributed by atoms with Crippen LogP contribution in [0.25, 0.3) is 0 Å². The molecular weight excluding hydrogens is 214 g/mol. The Kier molecular flexibility index (Phi) is 3.23. The van der Waals surface area contributed by atoms with E-state index in [2.05, 4.69) is 18.8 Å². The van der Waals surface area contributed by atoms with Crippen LogP contribution in [0.2, 0.25) is 0 Å². The van der Waals surface area contributed by atoms with Gasteiger partial charge in [0.2, 0.25) is 0 Å². The van der Waals surface area contributed by atoms with Crippen molar-refractivity contribution in [3.63, 3.8) is 0 Å². The molecule has 1 aromatic rings. The maximum atomic E-state index is 10.8. The molecule has 0 aromatic carbocycles. The minimum atomic E-state index is -0.788. The van der Waals surface area contributed by atoms with E-state index < -0.39 is 5.60 Å². The standard InChI is InChI=1S/C14H21NO2/c1-4-13(3)10-14(16,7-8-17-13)12-6-5-11(2)15-9-12/h5-6,9,16H,4,7-8,10H2,1-3H3. The lowest BCUT2D eigenvalue weighted by Crippen LogP contribution is -2.45. The van der Waals surface area contributed by atoms with Gasteiger partial charge in [-0.1, -0.05) is 13.0 Å². The zero-order valence-corrected chi connectivity index (χ0v) is 10.9. The summed E-state index contributed by atoms with van der Waals surface area (Å²) in [5.41, 5.74) is 0.871. The van der Waals surface area contributed by atoms with E-state index >= 15 is 0 Å². The summed E-state index contributed by atoms with van der Waals surface area (Å²) in [6.45, 7) is 6.72. The number of hydrogen-bond acceptors (Lipinski definition) is 3. The van der Waals surface area contributed by atoms with Crippen molar-refractivity contribution in [2.75, 3.05) is 6.61 Å². The monoisotopic (exact) mass is 235 g/mol. The van der Waals surface area contributed by atoms with Crippen LogP contribution >= 0.6 is 0 Å². The van der Waals surface area contributed by atoms with Crippen LogP contribution in [0.1, 0.15) is 44.4 Å². The van der Waals surface area contributed by atoms with Crippen molar-refractivity contribution >= 4 is 0 Å². The van der Waals surface area contributed by atoms with Crippen LogP contribution in [0, 0.1) is 6.92 Å². The average molecular weight is 235 g/mol. The topological polar surface area (TPSA) is 42.4 Å². The third-order valence-corrected chi connectivity index (χ3v) is 3.83. The lowest BCUT2D eigenvalue weighted by atomic mass is 9.78. The first kappa shape index (κ1) is 12.5. The number of pyridine rings is 1. The average Bonchev–Trinajstić information content (AvgIpc) is 2.29. The van der Waals surface area contributed by atoms with Gasteiger partial charge in [0.15, 0.2) is 0 Å². The van der Waals surface area contributed by atoms with Crippen LogP contribution in [-0.4, -0.2) is 22.3 Å². The second-order valence-corrected chi connectivity index (χ2v) is 5.30. The molecule has 2 rings (SSSR count). The molecule has 3 heteroatoms. The fraction of sp³-hybridized carbons (Fsp3) is 0.643. The SMILES string of the molecule is CCC1(C)CC(O)(c2ccc(C)nc2)CCO1. The Morgan fingerprint density at radius 3 is 2.82 bits per heavy atom. The van der Waals surface area contributed by atoms with E-state index in [1.807, 2.05) is 19.1 Å². The molecule has 0 saturated carbocycles. The number of nitrogens with zero attached hydrogens (tertiary/aromatic N) is 1. The van der Waals surface area contributed by atoms with Crippen molar-refractivity contribution in [1.29, 1.82) is 0 Å². The Hall–Kier alpha value is -0.930. The summed E-state index contributed by atoms with van der Waals surface area (Å²) in [5.74, 6) is 0. The Morgan fingerprint density at radius 2 is 2.24 bits per heavy atom. The summed E-state index contributed by atoms with van der Waals surface area (Å²) >= 11 is 0. The van der Waals surface area contributed by atoms with Crippen molar-refractivity contribution < 1.29 is 9.84 Å². The molecule has 1 aliphatic rings. The van der Waals surface area contributed by atoms with Gasteiger partial charge in [0.05, 0.1) is 17.8 Å². The fourth-order valence-electron chi connectivity index (χ4n) is 2.44. The molecule has 17 heavy (non-hydrogen) atoms. The number of aromatic nitrogens is 1. The molecule has 1 N–H and O–H groups in total. The number of hydrogen-bond donors (Lipinski definition) is 1. The van der Waals surface area contributed by atoms with Crippen molar-refractivity contribution in [2.45, 2.75) is 51.2 Å². The lowest BCUT2D eigenvalue weighted by molar-refractivity contribution is -0.157. The molecule has 3 nitrogen and oxygen atoms in total. The molecule has 1 aromatic heterocycles. The van der Waals surface area contributed by atoms with Crippen LogP contribution in [0.4, 0.5) is 0 Å². The zero-order chi connectivity index (χ0) is 12.5. The Labute approximate surface area is 103 Å². The lowest BCUT2D eigenvalue weighted by Gasteiger charge is -2.43. The molecular formula is C14H21NO2. The quantitative estimate of drug-likeness (QED) is 0.856. The fourth-order valence-corrected chi connectivity index (χ4v) is 2.44. The Morgan fingerprint density at radius 1 is 1.47 bits per heavy atom. The molecule has 1 aliphatic heterocycles. The first-order chi connectivity index (χ1) is 7.97. The largest absolute Gasteiger partial charge is 0.385 e. The van der Waals surface area contributed by atoms with E-state index in [9.17, 15) is 5.11 Å². The maximum absolute atomic E-state index is 10.8. The van der Waals surface area contributed by atoms with Crippen LogP contribution in [-0.2, 0) is 10.3 Å². The number of ether oxygens (including phenoxy) is 1. The van der Waals surface area contributed by atoms with Gasteiger partial charge >= 0.3 is 0 Å². The van der Waals surface area contributed by atoms with Crippen LogP contribution < -0.4 is 0 Å². The van der Waals surface area contributed by atoms with Gasteiger partial charge in [-0.15, -0.1) is 0 Å². The second kappa shape index (κ2) is 4.39. The van der Waals surface area contributed by atoms with Crippen LogP contribution in [0.15, 0.2) is 18.3 Å². The predicted molar refractivity (Wildman–Crippen MR) is 66.8 cm³/mol.